The van der Waals surface area contributed by atoms with Crippen LogP contribution in [0.2, 0.25) is 0 Å². The van der Waals surface area contributed by atoms with Crippen LogP contribution >= 0.6 is 0 Å². The summed E-state index contributed by atoms with van der Waals surface area (Å²) in [4.78, 5) is 13.8. The highest BCUT2D eigenvalue weighted by Gasteiger charge is 2.54. The Morgan fingerprint density at radius 3 is 2.25 bits per heavy atom. The molecule has 0 atom stereocenters. The smallest absolute Gasteiger partial charge is 0.345 e. The Labute approximate surface area is 163 Å². The third kappa shape index (κ3) is 3.66. The molecular weight excluding hydrogens is 393 g/mol. The number of amides is 1. The molecule has 9 heteroatoms. The van der Waals surface area contributed by atoms with Crippen molar-refractivity contribution in [3.63, 3.8) is 0 Å². The van der Waals surface area contributed by atoms with Crippen LogP contribution in [-0.2, 0) is 20.8 Å². The molecule has 2 aliphatic rings. The molecule has 2 fully saturated rings. The number of hydrogen-bond donors (Lipinski definition) is 1. The summed E-state index contributed by atoms with van der Waals surface area (Å²) in [5.41, 5.74) is 2.47. The lowest BCUT2D eigenvalue weighted by Crippen LogP contribution is -2.71. The van der Waals surface area contributed by atoms with Gasteiger partial charge in [0.2, 0.25) is 0 Å². The van der Waals surface area contributed by atoms with Crippen LogP contribution in [0.25, 0.3) is 0 Å². The lowest BCUT2D eigenvalue weighted by Gasteiger charge is -2.40. The lowest BCUT2D eigenvalue weighted by molar-refractivity contribution is -0.422. The first-order valence-electron chi connectivity index (χ1n) is 9.36. The number of benzene rings is 1. The summed E-state index contributed by atoms with van der Waals surface area (Å²) in [5.74, 6) is -0.236. The van der Waals surface area contributed by atoms with E-state index < -0.39 is 31.9 Å². The van der Waals surface area contributed by atoms with Crippen LogP contribution in [0, 0.1) is 5.92 Å². The molecular formula is C19H26F3N2O3S+. The van der Waals surface area contributed by atoms with Crippen molar-refractivity contribution in [1.82, 2.24) is 4.90 Å². The van der Waals surface area contributed by atoms with Crippen LogP contribution in [0.15, 0.2) is 29.2 Å². The number of halogens is 3. The Hall–Kier alpha value is -1.61. The van der Waals surface area contributed by atoms with Gasteiger partial charge in [-0.15, -0.1) is 0 Å². The Morgan fingerprint density at radius 2 is 1.75 bits per heavy atom. The van der Waals surface area contributed by atoms with Crippen LogP contribution in [0.3, 0.4) is 0 Å². The Balaban J connectivity index is 1.78. The van der Waals surface area contributed by atoms with E-state index in [1.807, 2.05) is 0 Å². The topological polar surface area (TPSA) is 82.1 Å². The second-order valence-corrected chi connectivity index (χ2v) is 11.0. The summed E-state index contributed by atoms with van der Waals surface area (Å²) in [6.07, 6.45) is -2.06. The zero-order chi connectivity index (χ0) is 21.0. The molecule has 1 aromatic rings. The van der Waals surface area contributed by atoms with Crippen molar-refractivity contribution in [3.05, 3.63) is 29.8 Å². The standard InChI is InChI=1S/C19H25F3N2O3S/c1-17(2,13-6-10-24(11-7-13)16(25)18(23)8-9-18)28(26,27)15-5-3-4-14(12-15)19(20,21)22/h3-5,12-13H,6-11,23H2,1-2H3/p+1. The minimum atomic E-state index is -4.60. The summed E-state index contributed by atoms with van der Waals surface area (Å²) in [5, 5.41) is 0. The van der Waals surface area contributed by atoms with E-state index in [4.69, 9.17) is 0 Å². The second kappa shape index (κ2) is 6.73. The van der Waals surface area contributed by atoms with Gasteiger partial charge in [0.1, 0.15) is 0 Å². The predicted molar refractivity (Wildman–Crippen MR) is 96.9 cm³/mol. The van der Waals surface area contributed by atoms with Crippen molar-refractivity contribution in [2.45, 2.75) is 60.9 Å². The van der Waals surface area contributed by atoms with E-state index in [0.717, 1.165) is 25.0 Å². The average molecular weight is 419 g/mol. The molecule has 3 N–H and O–H groups in total. The van der Waals surface area contributed by atoms with Gasteiger partial charge in [0.05, 0.1) is 15.2 Å². The molecule has 1 aromatic carbocycles. The SMILES string of the molecule is CC(C)(C1CCN(C(=O)C2([NH3+])CC2)CC1)S(=O)(=O)c1cccc(C(F)(F)F)c1. The maximum Gasteiger partial charge on any atom is 0.416 e. The van der Waals surface area contributed by atoms with Gasteiger partial charge in [0, 0.05) is 25.9 Å². The fraction of sp³-hybridized carbons (Fsp3) is 0.632. The average Bonchev–Trinajstić information content (AvgIpc) is 3.39. The summed E-state index contributed by atoms with van der Waals surface area (Å²) in [6, 6.07) is 3.90. The van der Waals surface area contributed by atoms with Gasteiger partial charge in [-0.05, 0) is 50.8 Å². The maximum atomic E-state index is 13.2. The van der Waals surface area contributed by atoms with Crippen molar-refractivity contribution >= 4 is 15.7 Å². The third-order valence-electron chi connectivity index (χ3n) is 6.24. The first-order valence-corrected chi connectivity index (χ1v) is 10.8. The van der Waals surface area contributed by atoms with Gasteiger partial charge in [0.25, 0.3) is 5.91 Å². The van der Waals surface area contributed by atoms with Crippen LogP contribution in [0.4, 0.5) is 13.2 Å². The van der Waals surface area contributed by atoms with Crippen LogP contribution < -0.4 is 5.73 Å². The molecule has 0 aromatic heterocycles. The first-order chi connectivity index (χ1) is 12.8. The van der Waals surface area contributed by atoms with Crippen LogP contribution in [0.1, 0.15) is 45.1 Å². The van der Waals surface area contributed by atoms with Gasteiger partial charge in [0.15, 0.2) is 15.4 Å². The van der Waals surface area contributed by atoms with E-state index in [1.165, 1.54) is 6.07 Å². The fourth-order valence-electron chi connectivity index (χ4n) is 3.84. The van der Waals surface area contributed by atoms with E-state index in [9.17, 15) is 26.4 Å². The molecule has 1 aliphatic heterocycles. The minimum Gasteiger partial charge on any atom is -0.345 e. The van der Waals surface area contributed by atoms with Crippen molar-refractivity contribution in [2.75, 3.05) is 13.1 Å². The number of carbonyl (C=O) groups is 1. The molecule has 1 amide bonds. The van der Waals surface area contributed by atoms with E-state index in [-0.39, 0.29) is 16.7 Å². The van der Waals surface area contributed by atoms with Crippen molar-refractivity contribution in [3.8, 4) is 0 Å². The highest BCUT2D eigenvalue weighted by atomic mass is 32.2. The molecule has 0 spiro atoms. The van der Waals surface area contributed by atoms with Gasteiger partial charge >= 0.3 is 6.18 Å². The number of likely N-dealkylation sites (tertiary alicyclic amines) is 1. The van der Waals surface area contributed by atoms with Gasteiger partial charge in [-0.2, -0.15) is 13.2 Å². The van der Waals surface area contributed by atoms with E-state index in [2.05, 4.69) is 5.73 Å². The molecule has 5 nitrogen and oxygen atoms in total. The number of sulfone groups is 1. The van der Waals surface area contributed by atoms with E-state index in [1.54, 1.807) is 18.7 Å². The zero-order valence-electron chi connectivity index (χ0n) is 16.1. The second-order valence-electron chi connectivity index (χ2n) is 8.48. The summed E-state index contributed by atoms with van der Waals surface area (Å²) in [6.45, 7) is 4.02. The van der Waals surface area contributed by atoms with Crippen LogP contribution in [0.5, 0.6) is 0 Å². The lowest BCUT2D eigenvalue weighted by atomic mass is 9.85. The van der Waals surface area contributed by atoms with E-state index in [0.29, 0.717) is 32.0 Å². The largest absolute Gasteiger partial charge is 0.416 e. The Bertz CT molecular complexity index is 869. The number of alkyl halides is 3. The number of rotatable bonds is 4. The quantitative estimate of drug-likeness (QED) is 0.813. The molecule has 0 bridgehead atoms. The number of piperidine rings is 1. The molecule has 1 heterocycles. The first kappa shape index (κ1) is 21.1. The molecule has 0 radical (unpaired) electrons. The molecule has 1 saturated heterocycles. The molecule has 0 unspecified atom stereocenters. The van der Waals surface area contributed by atoms with Gasteiger partial charge in [-0.1, -0.05) is 6.07 Å². The number of quaternary nitrogens is 1. The van der Waals surface area contributed by atoms with Crippen LogP contribution in [-0.4, -0.2) is 42.6 Å². The van der Waals surface area contributed by atoms with Crippen molar-refractivity contribution in [2.24, 2.45) is 5.92 Å². The highest BCUT2D eigenvalue weighted by molar-refractivity contribution is 7.92. The molecule has 156 valence electrons. The summed E-state index contributed by atoms with van der Waals surface area (Å²) >= 11 is 0. The van der Waals surface area contributed by atoms with E-state index >= 15 is 0 Å². The molecule has 3 rings (SSSR count). The summed E-state index contributed by atoms with van der Waals surface area (Å²) in [7, 11) is -3.99. The zero-order valence-corrected chi connectivity index (χ0v) is 16.9. The predicted octanol–water partition coefficient (Wildman–Crippen LogP) is 2.27. The Morgan fingerprint density at radius 1 is 1.18 bits per heavy atom. The molecule has 1 saturated carbocycles. The van der Waals surface area contributed by atoms with Crippen molar-refractivity contribution in [1.29, 1.82) is 0 Å². The fourth-order valence-corrected chi connectivity index (χ4v) is 5.66. The third-order valence-corrected chi connectivity index (χ3v) is 8.83. The normalized spacial score (nSPS) is 20.9. The van der Waals surface area contributed by atoms with Gasteiger partial charge in [-0.3, -0.25) is 4.79 Å². The number of hydrogen-bond acceptors (Lipinski definition) is 3. The molecule has 1 aliphatic carbocycles. The summed E-state index contributed by atoms with van der Waals surface area (Å²) < 4.78 is 64.0. The maximum absolute atomic E-state index is 13.2. The number of carbonyl (C=O) groups excluding carboxylic acids is 1. The van der Waals surface area contributed by atoms with Gasteiger partial charge < -0.3 is 10.6 Å². The highest BCUT2D eigenvalue weighted by Crippen LogP contribution is 2.40. The molecule has 28 heavy (non-hydrogen) atoms. The Kier molecular flexibility index (Phi) is 5.07. The van der Waals surface area contributed by atoms with Crippen molar-refractivity contribution < 1.29 is 32.1 Å². The minimum absolute atomic E-state index is 0.0180. The monoisotopic (exact) mass is 419 g/mol. The van der Waals surface area contributed by atoms with Gasteiger partial charge in [-0.25, -0.2) is 8.42 Å². The number of nitrogens with zero attached hydrogens (tertiary/aromatic N) is 1.